The van der Waals surface area contributed by atoms with E-state index in [1.807, 2.05) is 18.7 Å². The van der Waals surface area contributed by atoms with E-state index < -0.39 is 0 Å². The Kier molecular flexibility index (Phi) is 4.36. The largest absolute Gasteiger partial charge is 0.339 e. The minimum absolute atomic E-state index is 0.0829. The van der Waals surface area contributed by atoms with Gasteiger partial charge in [0.15, 0.2) is 4.34 Å². The second-order valence-electron chi connectivity index (χ2n) is 3.94. The van der Waals surface area contributed by atoms with Crippen LogP contribution in [0.3, 0.4) is 0 Å². The molecule has 0 aliphatic carbocycles. The average molecular weight is 272 g/mol. The maximum atomic E-state index is 12.1. The first-order valence-corrected chi connectivity index (χ1v) is 7.28. The maximum absolute atomic E-state index is 12.1. The number of carbonyl (C=O) groups is 1. The van der Waals surface area contributed by atoms with Crippen LogP contribution in [0.25, 0.3) is 0 Å². The Balaban J connectivity index is 1.90. The molecule has 0 saturated carbocycles. The molecule has 1 N–H and O–H groups in total. The van der Waals surface area contributed by atoms with E-state index >= 15 is 0 Å². The van der Waals surface area contributed by atoms with Crippen LogP contribution in [0.15, 0.2) is 4.34 Å². The van der Waals surface area contributed by atoms with Crippen molar-refractivity contribution in [2.75, 3.05) is 26.2 Å². The molecule has 17 heavy (non-hydrogen) atoms. The van der Waals surface area contributed by atoms with Crippen LogP contribution in [0.5, 0.6) is 0 Å². The molecule has 2 heterocycles. The SMILES string of the molecule is Cc1nsc(SC(C)C(=O)N2CCNCC2)n1. The fraction of sp³-hybridized carbons (Fsp3) is 0.700. The van der Waals surface area contributed by atoms with Gasteiger partial charge >= 0.3 is 0 Å². The molecule has 0 aromatic carbocycles. The van der Waals surface area contributed by atoms with Gasteiger partial charge in [-0.05, 0) is 25.4 Å². The minimum atomic E-state index is -0.0829. The Bertz CT molecular complexity index is 389. The standard InChI is InChI=1S/C10H16N4OS2/c1-7(16-10-12-8(2)13-17-10)9(15)14-5-3-11-4-6-14/h7,11H,3-6H2,1-2H3. The summed E-state index contributed by atoms with van der Waals surface area (Å²) in [7, 11) is 0. The summed E-state index contributed by atoms with van der Waals surface area (Å²) in [5.41, 5.74) is 0. The van der Waals surface area contributed by atoms with E-state index in [1.54, 1.807) is 0 Å². The predicted molar refractivity (Wildman–Crippen MR) is 69.4 cm³/mol. The van der Waals surface area contributed by atoms with Crippen molar-refractivity contribution >= 4 is 29.2 Å². The van der Waals surface area contributed by atoms with Crippen LogP contribution in [0.4, 0.5) is 0 Å². The highest BCUT2D eigenvalue weighted by Crippen LogP contribution is 2.25. The van der Waals surface area contributed by atoms with Gasteiger partial charge in [0, 0.05) is 26.2 Å². The van der Waals surface area contributed by atoms with Gasteiger partial charge in [0.25, 0.3) is 0 Å². The van der Waals surface area contributed by atoms with Crippen LogP contribution in [-0.2, 0) is 4.79 Å². The number of aromatic nitrogens is 2. The molecule has 1 aromatic heterocycles. The first kappa shape index (κ1) is 12.8. The summed E-state index contributed by atoms with van der Waals surface area (Å²) in [6, 6.07) is 0. The quantitative estimate of drug-likeness (QED) is 0.823. The van der Waals surface area contributed by atoms with E-state index in [4.69, 9.17) is 0 Å². The normalized spacial score (nSPS) is 18.1. The van der Waals surface area contributed by atoms with Crippen LogP contribution in [0.1, 0.15) is 12.7 Å². The lowest BCUT2D eigenvalue weighted by Gasteiger charge is -2.29. The lowest BCUT2D eigenvalue weighted by molar-refractivity contribution is -0.130. The minimum Gasteiger partial charge on any atom is -0.339 e. The Morgan fingerprint density at radius 2 is 2.24 bits per heavy atom. The van der Waals surface area contributed by atoms with Gasteiger partial charge in [-0.3, -0.25) is 4.79 Å². The summed E-state index contributed by atoms with van der Waals surface area (Å²) in [6.07, 6.45) is 0. The highest BCUT2D eigenvalue weighted by Gasteiger charge is 2.23. The summed E-state index contributed by atoms with van der Waals surface area (Å²) in [4.78, 5) is 18.3. The number of hydrogen-bond donors (Lipinski definition) is 1. The zero-order valence-corrected chi connectivity index (χ0v) is 11.6. The summed E-state index contributed by atoms with van der Waals surface area (Å²) >= 11 is 2.86. The molecule has 0 radical (unpaired) electrons. The number of piperazine rings is 1. The zero-order chi connectivity index (χ0) is 12.3. The monoisotopic (exact) mass is 272 g/mol. The van der Waals surface area contributed by atoms with Gasteiger partial charge in [-0.2, -0.15) is 4.37 Å². The second-order valence-corrected chi connectivity index (χ2v) is 6.28. The van der Waals surface area contributed by atoms with Gasteiger partial charge in [0.05, 0.1) is 5.25 Å². The van der Waals surface area contributed by atoms with Crippen molar-refractivity contribution in [1.29, 1.82) is 0 Å². The van der Waals surface area contributed by atoms with Crippen molar-refractivity contribution in [3.8, 4) is 0 Å². The fourth-order valence-corrected chi connectivity index (χ4v) is 3.55. The molecule has 7 heteroatoms. The summed E-state index contributed by atoms with van der Waals surface area (Å²) in [5, 5.41) is 3.16. The molecule has 1 aliphatic heterocycles. The van der Waals surface area contributed by atoms with Crippen LogP contribution >= 0.6 is 23.3 Å². The van der Waals surface area contributed by atoms with Gasteiger partial charge in [0.1, 0.15) is 5.82 Å². The molecule has 5 nitrogen and oxygen atoms in total. The van der Waals surface area contributed by atoms with Crippen molar-refractivity contribution in [3.63, 3.8) is 0 Å². The molecule has 1 aliphatic rings. The van der Waals surface area contributed by atoms with Gasteiger partial charge in [-0.1, -0.05) is 11.8 Å². The third-order valence-corrected chi connectivity index (χ3v) is 4.53. The summed E-state index contributed by atoms with van der Waals surface area (Å²) < 4.78 is 4.99. The van der Waals surface area contributed by atoms with Crippen molar-refractivity contribution in [2.24, 2.45) is 0 Å². The third kappa shape index (κ3) is 3.40. The fourth-order valence-electron chi connectivity index (χ4n) is 1.67. The molecule has 0 spiro atoms. The smallest absolute Gasteiger partial charge is 0.235 e. The molecule has 1 atom stereocenters. The summed E-state index contributed by atoms with van der Waals surface area (Å²) in [5.74, 6) is 0.976. The molecule has 1 saturated heterocycles. The predicted octanol–water partition coefficient (Wildman–Crippen LogP) is 0.759. The Hall–Kier alpha value is -0.660. The lowest BCUT2D eigenvalue weighted by Crippen LogP contribution is -2.48. The van der Waals surface area contributed by atoms with E-state index in [2.05, 4.69) is 14.7 Å². The Morgan fingerprint density at radius 3 is 2.82 bits per heavy atom. The average Bonchev–Trinajstić information content (AvgIpc) is 2.75. The molecule has 94 valence electrons. The molecule has 1 aromatic rings. The Morgan fingerprint density at radius 1 is 1.53 bits per heavy atom. The number of nitrogens with one attached hydrogen (secondary N) is 1. The molecular weight excluding hydrogens is 256 g/mol. The van der Waals surface area contributed by atoms with Gasteiger partial charge in [-0.25, -0.2) is 4.98 Å². The maximum Gasteiger partial charge on any atom is 0.235 e. The Labute approximate surface area is 109 Å². The molecule has 1 amide bonds. The molecule has 0 bridgehead atoms. The first-order valence-electron chi connectivity index (χ1n) is 5.63. The highest BCUT2D eigenvalue weighted by molar-refractivity contribution is 8.02. The first-order chi connectivity index (χ1) is 8.16. The van der Waals surface area contributed by atoms with E-state index in [0.29, 0.717) is 0 Å². The van der Waals surface area contributed by atoms with Crippen molar-refractivity contribution in [2.45, 2.75) is 23.4 Å². The van der Waals surface area contributed by atoms with E-state index in [1.165, 1.54) is 23.3 Å². The van der Waals surface area contributed by atoms with E-state index in [0.717, 1.165) is 36.3 Å². The second kappa shape index (κ2) is 5.79. The van der Waals surface area contributed by atoms with Crippen LogP contribution in [-0.4, -0.2) is 51.6 Å². The van der Waals surface area contributed by atoms with Crippen LogP contribution in [0, 0.1) is 6.92 Å². The third-order valence-electron chi connectivity index (χ3n) is 2.56. The summed E-state index contributed by atoms with van der Waals surface area (Å²) in [6.45, 7) is 7.19. The lowest BCUT2D eigenvalue weighted by atomic mass is 10.3. The molecule has 1 fully saturated rings. The van der Waals surface area contributed by atoms with Crippen molar-refractivity contribution in [3.05, 3.63) is 5.82 Å². The van der Waals surface area contributed by atoms with Crippen LogP contribution < -0.4 is 5.32 Å². The number of rotatable bonds is 3. The van der Waals surface area contributed by atoms with Crippen LogP contribution in [0.2, 0.25) is 0 Å². The highest BCUT2D eigenvalue weighted by atomic mass is 32.2. The van der Waals surface area contributed by atoms with Crippen molar-refractivity contribution in [1.82, 2.24) is 19.6 Å². The number of aryl methyl sites for hydroxylation is 1. The van der Waals surface area contributed by atoms with E-state index in [9.17, 15) is 4.79 Å². The number of hydrogen-bond acceptors (Lipinski definition) is 6. The zero-order valence-electron chi connectivity index (χ0n) is 9.97. The number of nitrogens with zero attached hydrogens (tertiary/aromatic N) is 3. The van der Waals surface area contributed by atoms with Crippen molar-refractivity contribution < 1.29 is 4.79 Å². The molecule has 2 rings (SSSR count). The van der Waals surface area contributed by atoms with Gasteiger partial charge in [-0.15, -0.1) is 0 Å². The number of amides is 1. The number of thioether (sulfide) groups is 1. The molecular formula is C10H16N4OS2. The molecule has 1 unspecified atom stereocenters. The topological polar surface area (TPSA) is 58.1 Å². The van der Waals surface area contributed by atoms with Gasteiger partial charge in [0.2, 0.25) is 5.91 Å². The van der Waals surface area contributed by atoms with Gasteiger partial charge < -0.3 is 10.2 Å². The van der Waals surface area contributed by atoms with E-state index in [-0.39, 0.29) is 11.2 Å². The number of carbonyl (C=O) groups excluding carboxylic acids is 1.